The highest BCUT2D eigenvalue weighted by molar-refractivity contribution is 6.32. The Bertz CT molecular complexity index is 579. The molecule has 0 saturated carbocycles. The Morgan fingerprint density at radius 1 is 1.39 bits per heavy atom. The van der Waals surface area contributed by atoms with Crippen LogP contribution in [0.2, 0.25) is 5.02 Å². The van der Waals surface area contributed by atoms with Gasteiger partial charge >= 0.3 is 6.18 Å². The number of nitrogens with one attached hydrogen (secondary N) is 1. The Morgan fingerprint density at radius 3 is 2.43 bits per heavy atom. The van der Waals surface area contributed by atoms with Crippen molar-refractivity contribution in [3.8, 4) is 0 Å². The lowest BCUT2D eigenvalue weighted by Gasteiger charge is -2.30. The summed E-state index contributed by atoms with van der Waals surface area (Å²) in [7, 11) is 2.01. The number of halogens is 4. The lowest BCUT2D eigenvalue weighted by atomic mass is 10.1. The minimum atomic E-state index is -4.64. The standard InChI is InChI=1S/C14H20ClF3N4O/c1-8-11(15)12(14(16,17)18)20-22(8)9(2)13(23)19-10-4-6-21(3)7-5-10/h9-10H,4-7H2,1-3H3,(H,19,23)/t9-/m1/s1. The van der Waals surface area contributed by atoms with E-state index >= 15 is 0 Å². The third-order valence-electron chi connectivity index (χ3n) is 4.16. The van der Waals surface area contributed by atoms with Crippen LogP contribution in [0.3, 0.4) is 0 Å². The first kappa shape index (κ1) is 18.1. The molecule has 5 nitrogen and oxygen atoms in total. The maximum Gasteiger partial charge on any atom is 0.436 e. The van der Waals surface area contributed by atoms with Gasteiger partial charge in [-0.2, -0.15) is 18.3 Å². The lowest BCUT2D eigenvalue weighted by Crippen LogP contribution is -2.45. The molecule has 1 aromatic rings. The molecule has 1 N–H and O–H groups in total. The molecule has 1 aliphatic heterocycles. The summed E-state index contributed by atoms with van der Waals surface area (Å²) in [5, 5.41) is 5.92. The summed E-state index contributed by atoms with van der Waals surface area (Å²) in [5.74, 6) is -0.351. The zero-order valence-corrected chi connectivity index (χ0v) is 14.0. The highest BCUT2D eigenvalue weighted by atomic mass is 35.5. The van der Waals surface area contributed by atoms with Gasteiger partial charge in [-0.3, -0.25) is 9.48 Å². The van der Waals surface area contributed by atoms with Crippen molar-refractivity contribution in [3.05, 3.63) is 16.4 Å². The second kappa shape index (κ2) is 6.68. The van der Waals surface area contributed by atoms with Crippen LogP contribution >= 0.6 is 11.6 Å². The van der Waals surface area contributed by atoms with E-state index in [1.165, 1.54) is 13.8 Å². The van der Waals surface area contributed by atoms with Crippen molar-refractivity contribution in [1.29, 1.82) is 0 Å². The Hall–Kier alpha value is -1.28. The maximum absolute atomic E-state index is 12.9. The van der Waals surface area contributed by atoms with E-state index in [0.717, 1.165) is 30.6 Å². The number of amides is 1. The predicted octanol–water partition coefficient (Wildman–Crippen LogP) is 2.64. The fourth-order valence-electron chi connectivity index (χ4n) is 2.64. The van der Waals surface area contributed by atoms with Gasteiger partial charge in [0.2, 0.25) is 5.91 Å². The summed E-state index contributed by atoms with van der Waals surface area (Å²) in [6, 6.07) is -0.821. The van der Waals surface area contributed by atoms with Crippen LogP contribution in [-0.2, 0) is 11.0 Å². The van der Waals surface area contributed by atoms with Crippen LogP contribution < -0.4 is 5.32 Å². The van der Waals surface area contributed by atoms with Crippen molar-refractivity contribution >= 4 is 17.5 Å². The van der Waals surface area contributed by atoms with E-state index in [2.05, 4.69) is 15.3 Å². The van der Waals surface area contributed by atoms with Crippen LogP contribution in [0.15, 0.2) is 0 Å². The predicted molar refractivity (Wildman–Crippen MR) is 80.3 cm³/mol. The third-order valence-corrected chi connectivity index (χ3v) is 4.61. The van der Waals surface area contributed by atoms with Crippen LogP contribution in [0.5, 0.6) is 0 Å². The van der Waals surface area contributed by atoms with E-state index in [1.807, 2.05) is 7.05 Å². The smallest absolute Gasteiger partial charge is 0.351 e. The average Bonchev–Trinajstić information content (AvgIpc) is 2.77. The number of alkyl halides is 3. The number of rotatable bonds is 3. The van der Waals surface area contributed by atoms with E-state index in [1.54, 1.807) is 0 Å². The molecular weight excluding hydrogens is 333 g/mol. The number of likely N-dealkylation sites (tertiary alicyclic amines) is 1. The van der Waals surface area contributed by atoms with Gasteiger partial charge in [0.1, 0.15) is 6.04 Å². The third kappa shape index (κ3) is 3.98. The molecule has 1 fully saturated rings. The molecule has 1 aromatic heterocycles. The van der Waals surface area contributed by atoms with Gasteiger partial charge in [-0.15, -0.1) is 0 Å². The van der Waals surface area contributed by atoms with Crippen molar-refractivity contribution in [3.63, 3.8) is 0 Å². The zero-order valence-electron chi connectivity index (χ0n) is 13.2. The number of aromatic nitrogens is 2. The molecule has 0 radical (unpaired) electrons. The quantitative estimate of drug-likeness (QED) is 0.909. The Kier molecular flexibility index (Phi) is 5.25. The van der Waals surface area contributed by atoms with Gasteiger partial charge in [0.15, 0.2) is 5.69 Å². The molecule has 0 bridgehead atoms. The highest BCUT2D eigenvalue weighted by Crippen LogP contribution is 2.36. The number of hydrogen-bond donors (Lipinski definition) is 1. The zero-order chi connectivity index (χ0) is 17.4. The van der Waals surface area contributed by atoms with Gasteiger partial charge in [0.05, 0.1) is 10.7 Å². The lowest BCUT2D eigenvalue weighted by molar-refractivity contribution is -0.141. The summed E-state index contributed by atoms with van der Waals surface area (Å²) < 4.78 is 39.6. The molecule has 2 heterocycles. The van der Waals surface area contributed by atoms with Crippen molar-refractivity contribution < 1.29 is 18.0 Å². The van der Waals surface area contributed by atoms with Gasteiger partial charge in [0, 0.05) is 6.04 Å². The van der Waals surface area contributed by atoms with Gasteiger partial charge in [-0.1, -0.05) is 11.6 Å². The van der Waals surface area contributed by atoms with Crippen LogP contribution in [0, 0.1) is 6.92 Å². The second-order valence-electron chi connectivity index (χ2n) is 5.95. The topological polar surface area (TPSA) is 50.2 Å². The fraction of sp³-hybridized carbons (Fsp3) is 0.714. The molecule has 1 aliphatic rings. The van der Waals surface area contributed by atoms with Crippen LogP contribution in [0.4, 0.5) is 13.2 Å². The first-order valence-corrected chi connectivity index (χ1v) is 7.79. The molecule has 1 amide bonds. The Labute approximate surface area is 137 Å². The maximum atomic E-state index is 12.9. The first-order chi connectivity index (χ1) is 10.6. The molecule has 0 spiro atoms. The fourth-order valence-corrected chi connectivity index (χ4v) is 2.87. The number of hydrogen-bond acceptors (Lipinski definition) is 3. The largest absolute Gasteiger partial charge is 0.436 e. The molecule has 0 unspecified atom stereocenters. The summed E-state index contributed by atoms with van der Waals surface area (Å²) in [5.41, 5.74) is -1.03. The monoisotopic (exact) mass is 352 g/mol. The molecular formula is C14H20ClF3N4O. The summed E-state index contributed by atoms with van der Waals surface area (Å²) in [6.07, 6.45) is -3.00. The minimum absolute atomic E-state index is 0.0366. The molecule has 130 valence electrons. The van der Waals surface area contributed by atoms with Gasteiger partial charge in [-0.05, 0) is 46.8 Å². The van der Waals surface area contributed by atoms with E-state index in [-0.39, 0.29) is 17.6 Å². The summed E-state index contributed by atoms with van der Waals surface area (Å²) in [6.45, 7) is 4.69. The van der Waals surface area contributed by atoms with Crippen molar-refractivity contribution in [2.24, 2.45) is 0 Å². The molecule has 23 heavy (non-hydrogen) atoms. The number of nitrogens with zero attached hydrogens (tertiary/aromatic N) is 3. The molecule has 2 rings (SSSR count). The van der Waals surface area contributed by atoms with E-state index in [0.29, 0.717) is 0 Å². The van der Waals surface area contributed by atoms with Crippen LogP contribution in [-0.4, -0.2) is 46.8 Å². The van der Waals surface area contributed by atoms with Gasteiger partial charge in [-0.25, -0.2) is 0 Å². The number of carbonyl (C=O) groups is 1. The van der Waals surface area contributed by atoms with E-state index < -0.39 is 22.9 Å². The normalized spacial score (nSPS) is 18.9. The SMILES string of the molecule is Cc1c(Cl)c(C(F)(F)F)nn1[C@H](C)C(=O)NC1CCN(C)CC1. The van der Waals surface area contributed by atoms with Crippen molar-refractivity contribution in [2.75, 3.05) is 20.1 Å². The molecule has 1 atom stereocenters. The molecule has 0 aliphatic carbocycles. The van der Waals surface area contributed by atoms with E-state index in [4.69, 9.17) is 11.6 Å². The molecule has 9 heteroatoms. The Balaban J connectivity index is 2.11. The summed E-state index contributed by atoms with van der Waals surface area (Å²) in [4.78, 5) is 14.5. The van der Waals surface area contributed by atoms with Crippen LogP contribution in [0.1, 0.15) is 37.2 Å². The van der Waals surface area contributed by atoms with Gasteiger partial charge < -0.3 is 10.2 Å². The number of carbonyl (C=O) groups excluding carboxylic acids is 1. The van der Waals surface area contributed by atoms with E-state index in [9.17, 15) is 18.0 Å². The first-order valence-electron chi connectivity index (χ1n) is 7.42. The van der Waals surface area contributed by atoms with Crippen molar-refractivity contribution in [1.82, 2.24) is 20.0 Å². The molecule has 1 saturated heterocycles. The molecule has 0 aromatic carbocycles. The minimum Gasteiger partial charge on any atom is -0.351 e. The van der Waals surface area contributed by atoms with Crippen molar-refractivity contribution in [2.45, 2.75) is 44.9 Å². The number of piperidine rings is 1. The average molecular weight is 353 g/mol. The van der Waals surface area contributed by atoms with Crippen LogP contribution in [0.25, 0.3) is 0 Å². The highest BCUT2D eigenvalue weighted by Gasteiger charge is 2.39. The van der Waals surface area contributed by atoms with Gasteiger partial charge in [0.25, 0.3) is 0 Å². The summed E-state index contributed by atoms with van der Waals surface area (Å²) >= 11 is 5.71. The Morgan fingerprint density at radius 2 is 1.96 bits per heavy atom. The second-order valence-corrected chi connectivity index (χ2v) is 6.33.